The van der Waals surface area contributed by atoms with Gasteiger partial charge in [-0.3, -0.25) is 9.69 Å². The van der Waals surface area contributed by atoms with Crippen LogP contribution in [0.15, 0.2) is 35.3 Å². The molecule has 0 aliphatic carbocycles. The molecule has 4 fully saturated rings. The zero-order valence-corrected chi connectivity index (χ0v) is 14.1. The fraction of sp³-hybridized carbons (Fsp3) is 0.474. The minimum Gasteiger partial charge on any atom is -0.451 e. The van der Waals surface area contributed by atoms with Crippen molar-refractivity contribution in [1.29, 1.82) is 0 Å². The summed E-state index contributed by atoms with van der Waals surface area (Å²) in [5, 5.41) is 0. The van der Waals surface area contributed by atoms with Crippen LogP contribution in [0.3, 0.4) is 0 Å². The van der Waals surface area contributed by atoms with Crippen molar-refractivity contribution in [3.05, 3.63) is 53.7 Å². The number of aromatic nitrogens is 1. The normalized spacial score (nSPS) is 32.7. The van der Waals surface area contributed by atoms with Crippen LogP contribution in [-0.4, -0.2) is 52.4 Å². The Morgan fingerprint density at radius 3 is 2.73 bits per heavy atom. The van der Waals surface area contributed by atoms with E-state index in [4.69, 9.17) is 4.42 Å². The molecule has 3 atom stereocenters. The smallest absolute Gasteiger partial charge is 0.276 e. The highest BCUT2D eigenvalue weighted by atomic mass is 19.2. The molecular weight excluding hydrogens is 340 g/mol. The summed E-state index contributed by atoms with van der Waals surface area (Å²) in [6.07, 6.45) is 4.64. The summed E-state index contributed by atoms with van der Waals surface area (Å²) >= 11 is 0. The molecule has 7 heteroatoms. The number of likely N-dealkylation sites (tertiary alicyclic amines) is 1. The highest BCUT2D eigenvalue weighted by Crippen LogP contribution is 2.47. The molecule has 4 aliphatic rings. The zero-order valence-electron chi connectivity index (χ0n) is 14.1. The molecule has 4 saturated heterocycles. The predicted octanol–water partition coefficient (Wildman–Crippen LogP) is 2.66. The lowest BCUT2D eigenvalue weighted by Crippen LogP contribution is -2.60. The minimum atomic E-state index is -0.837. The van der Waals surface area contributed by atoms with Crippen LogP contribution in [0, 0.1) is 17.6 Å². The highest BCUT2D eigenvalue weighted by molar-refractivity contribution is 5.92. The molecule has 0 N–H and O–H groups in total. The number of carbonyl (C=O) groups excluding carboxylic acids is 1. The Labute approximate surface area is 149 Å². The number of fused-ring (bicyclic) bond motifs is 2. The molecule has 6 rings (SSSR count). The first-order valence-electron chi connectivity index (χ1n) is 9.02. The number of nitrogens with zero attached hydrogens (tertiary/aromatic N) is 3. The molecule has 26 heavy (non-hydrogen) atoms. The molecule has 5 nitrogen and oxygen atoms in total. The second-order valence-corrected chi connectivity index (χ2v) is 7.44. The van der Waals surface area contributed by atoms with Crippen molar-refractivity contribution in [3.8, 4) is 0 Å². The van der Waals surface area contributed by atoms with Crippen LogP contribution in [-0.2, 0) is 0 Å². The second kappa shape index (κ2) is 5.87. The Hall–Kier alpha value is -2.28. The summed E-state index contributed by atoms with van der Waals surface area (Å²) in [6, 6.07) is 4.36. The van der Waals surface area contributed by atoms with Crippen molar-refractivity contribution >= 4 is 5.91 Å². The molecular formula is C19H19F2N3O2. The van der Waals surface area contributed by atoms with Crippen molar-refractivity contribution in [3.63, 3.8) is 0 Å². The van der Waals surface area contributed by atoms with Gasteiger partial charge in [0.1, 0.15) is 6.26 Å². The van der Waals surface area contributed by atoms with Gasteiger partial charge in [0, 0.05) is 18.5 Å². The van der Waals surface area contributed by atoms with E-state index in [1.165, 1.54) is 12.7 Å². The monoisotopic (exact) mass is 359 g/mol. The summed E-state index contributed by atoms with van der Waals surface area (Å²) in [7, 11) is 0. The molecule has 136 valence electrons. The van der Waals surface area contributed by atoms with Crippen molar-refractivity contribution in [2.75, 3.05) is 19.6 Å². The van der Waals surface area contributed by atoms with Crippen LogP contribution in [0.5, 0.6) is 0 Å². The zero-order chi connectivity index (χ0) is 17.8. The maximum atomic E-state index is 14.5. The van der Waals surface area contributed by atoms with Gasteiger partial charge in [-0.25, -0.2) is 13.8 Å². The van der Waals surface area contributed by atoms with Gasteiger partial charge in [0.05, 0.1) is 6.04 Å². The lowest BCUT2D eigenvalue weighted by Gasteiger charge is -2.51. The van der Waals surface area contributed by atoms with E-state index in [0.717, 1.165) is 32.0 Å². The molecule has 2 aromatic rings. The Balaban J connectivity index is 1.57. The standard InChI is InChI=1S/C19H19F2N3O2/c20-14-3-1-2-12(16(14)21)13-8-24(19(25)15-9-26-10-22-15)17-11-4-6-23(7-5-11)18(13)17/h1-3,9-11,13,17-18H,4-8H2/t13-,17-,18-/m1/s1. The minimum absolute atomic E-state index is 0.00867. The van der Waals surface area contributed by atoms with Crippen LogP contribution < -0.4 is 0 Å². The third-order valence-electron chi connectivity index (χ3n) is 6.29. The fourth-order valence-electron chi connectivity index (χ4n) is 5.20. The van der Waals surface area contributed by atoms with E-state index < -0.39 is 11.6 Å². The van der Waals surface area contributed by atoms with E-state index in [0.29, 0.717) is 18.0 Å². The summed E-state index contributed by atoms with van der Waals surface area (Å²) in [6.45, 7) is 2.27. The number of oxazole rings is 1. The quantitative estimate of drug-likeness (QED) is 0.827. The Morgan fingerprint density at radius 1 is 1.19 bits per heavy atom. The van der Waals surface area contributed by atoms with Crippen molar-refractivity contribution in [2.24, 2.45) is 5.92 Å². The first kappa shape index (κ1) is 15.9. The van der Waals surface area contributed by atoms with E-state index in [1.54, 1.807) is 12.1 Å². The molecule has 1 amide bonds. The number of amides is 1. The topological polar surface area (TPSA) is 49.6 Å². The number of piperidine rings is 3. The molecule has 2 bridgehead atoms. The SMILES string of the molecule is O=C(c1cocn1)N1C[C@H](c2cccc(F)c2F)[C@@H]2[C@H]1C1CCN2CC1. The van der Waals surface area contributed by atoms with E-state index in [2.05, 4.69) is 9.88 Å². The van der Waals surface area contributed by atoms with Gasteiger partial charge in [0.25, 0.3) is 5.91 Å². The maximum Gasteiger partial charge on any atom is 0.276 e. The average molecular weight is 359 g/mol. The Bertz CT molecular complexity index is 833. The Kier molecular flexibility index (Phi) is 3.60. The number of carbonyl (C=O) groups is 1. The van der Waals surface area contributed by atoms with Gasteiger partial charge in [-0.15, -0.1) is 0 Å². The van der Waals surface area contributed by atoms with Crippen molar-refractivity contribution in [1.82, 2.24) is 14.8 Å². The van der Waals surface area contributed by atoms with Crippen molar-refractivity contribution in [2.45, 2.75) is 30.8 Å². The first-order chi connectivity index (χ1) is 12.6. The van der Waals surface area contributed by atoms with Crippen LogP contribution in [0.25, 0.3) is 0 Å². The van der Waals surface area contributed by atoms with Gasteiger partial charge in [-0.05, 0) is 43.5 Å². The summed E-state index contributed by atoms with van der Waals surface area (Å²) in [4.78, 5) is 21.1. The van der Waals surface area contributed by atoms with Gasteiger partial charge in [0.2, 0.25) is 0 Å². The number of hydrogen-bond acceptors (Lipinski definition) is 4. The van der Waals surface area contributed by atoms with Gasteiger partial charge in [-0.1, -0.05) is 12.1 Å². The number of rotatable bonds is 2. The van der Waals surface area contributed by atoms with E-state index in [-0.39, 0.29) is 29.6 Å². The molecule has 0 unspecified atom stereocenters. The molecule has 5 heterocycles. The Morgan fingerprint density at radius 2 is 2.00 bits per heavy atom. The molecule has 1 aromatic heterocycles. The molecule has 0 radical (unpaired) electrons. The molecule has 4 aliphatic heterocycles. The first-order valence-corrected chi connectivity index (χ1v) is 9.02. The molecule has 0 spiro atoms. The van der Waals surface area contributed by atoms with Gasteiger partial charge >= 0.3 is 0 Å². The van der Waals surface area contributed by atoms with Crippen LogP contribution >= 0.6 is 0 Å². The highest BCUT2D eigenvalue weighted by Gasteiger charge is 2.55. The summed E-state index contributed by atoms with van der Waals surface area (Å²) in [5.41, 5.74) is 0.628. The number of hydrogen-bond donors (Lipinski definition) is 0. The van der Waals surface area contributed by atoms with Crippen LogP contribution in [0.4, 0.5) is 8.78 Å². The molecule has 0 saturated carbocycles. The van der Waals surface area contributed by atoms with Crippen LogP contribution in [0.2, 0.25) is 0 Å². The second-order valence-electron chi connectivity index (χ2n) is 7.44. The van der Waals surface area contributed by atoms with Gasteiger partial charge in [0.15, 0.2) is 23.7 Å². The van der Waals surface area contributed by atoms with Crippen molar-refractivity contribution < 1.29 is 18.0 Å². The summed E-state index contributed by atoms with van der Waals surface area (Å²) < 4.78 is 33.3. The fourth-order valence-corrected chi connectivity index (χ4v) is 5.20. The lowest BCUT2D eigenvalue weighted by molar-refractivity contribution is -0.00376. The van der Waals surface area contributed by atoms with Crippen LogP contribution in [0.1, 0.15) is 34.8 Å². The van der Waals surface area contributed by atoms with Gasteiger partial charge < -0.3 is 9.32 Å². The van der Waals surface area contributed by atoms with E-state index >= 15 is 0 Å². The average Bonchev–Trinajstić information content (AvgIpc) is 3.33. The van der Waals surface area contributed by atoms with E-state index in [9.17, 15) is 13.6 Å². The third kappa shape index (κ3) is 2.23. The molecule has 1 aromatic carbocycles. The third-order valence-corrected chi connectivity index (χ3v) is 6.29. The summed E-state index contributed by atoms with van der Waals surface area (Å²) in [5.74, 6) is -1.68. The maximum absolute atomic E-state index is 14.5. The predicted molar refractivity (Wildman–Crippen MR) is 88.5 cm³/mol. The largest absolute Gasteiger partial charge is 0.451 e. The van der Waals surface area contributed by atoms with E-state index in [1.807, 2.05) is 4.90 Å². The number of halogens is 2. The number of benzene rings is 1. The lowest BCUT2D eigenvalue weighted by atomic mass is 9.75. The van der Waals surface area contributed by atoms with Gasteiger partial charge in [-0.2, -0.15) is 0 Å².